The Morgan fingerprint density at radius 3 is 2.76 bits per heavy atom. The fourth-order valence-corrected chi connectivity index (χ4v) is 3.62. The molecule has 2 aromatic rings. The molecule has 0 unspecified atom stereocenters. The molecule has 0 amide bonds. The molecule has 4 heterocycles. The maximum absolute atomic E-state index is 6.07. The Morgan fingerprint density at radius 1 is 1.00 bits per heavy atom. The average molecular weight is 342 g/mol. The van der Waals surface area contributed by atoms with E-state index in [-0.39, 0.29) is 6.10 Å². The van der Waals surface area contributed by atoms with Crippen LogP contribution in [0.1, 0.15) is 43.3 Å². The predicted molar refractivity (Wildman–Crippen MR) is 95.4 cm³/mol. The summed E-state index contributed by atoms with van der Waals surface area (Å²) in [4.78, 5) is 13.5. The normalized spacial score (nSPS) is 22.7. The first-order valence-corrected chi connectivity index (χ1v) is 9.33. The molecule has 2 aliphatic rings. The third-order valence-electron chi connectivity index (χ3n) is 4.98. The minimum atomic E-state index is 0.150. The summed E-state index contributed by atoms with van der Waals surface area (Å²) in [6, 6.07) is 6.06. The standard InChI is InChI=1S/C19H26N4O2/c1-2-14-24-17(5-1)18-7-6-16(25-18)15-22-10-4-11-23(13-12-22)19-20-8-3-9-21-19/h3,6-9,17H,1-2,4-5,10-15H2/t17-/m0/s1. The van der Waals surface area contributed by atoms with E-state index in [2.05, 4.69) is 31.9 Å². The second-order valence-electron chi connectivity index (χ2n) is 6.82. The number of furan rings is 1. The smallest absolute Gasteiger partial charge is 0.225 e. The maximum Gasteiger partial charge on any atom is 0.225 e. The lowest BCUT2D eigenvalue weighted by Crippen LogP contribution is -2.31. The first-order chi connectivity index (χ1) is 12.4. The van der Waals surface area contributed by atoms with Crippen molar-refractivity contribution in [3.63, 3.8) is 0 Å². The quantitative estimate of drug-likeness (QED) is 0.851. The number of anilines is 1. The summed E-state index contributed by atoms with van der Waals surface area (Å²) in [5.41, 5.74) is 0. The highest BCUT2D eigenvalue weighted by Gasteiger charge is 2.21. The van der Waals surface area contributed by atoms with E-state index in [1.807, 2.05) is 18.5 Å². The number of aromatic nitrogens is 2. The van der Waals surface area contributed by atoms with Gasteiger partial charge in [-0.05, 0) is 43.9 Å². The summed E-state index contributed by atoms with van der Waals surface area (Å²) in [5.74, 6) is 2.86. The highest BCUT2D eigenvalue weighted by atomic mass is 16.5. The molecule has 0 aromatic carbocycles. The second kappa shape index (κ2) is 7.97. The SMILES string of the molecule is c1cnc(N2CCCN(Cc3ccc([C@@H]4CCCCO4)o3)CC2)nc1. The molecule has 0 spiro atoms. The van der Waals surface area contributed by atoms with Crippen molar-refractivity contribution in [2.45, 2.75) is 38.3 Å². The summed E-state index contributed by atoms with van der Waals surface area (Å²) < 4.78 is 11.9. The topological polar surface area (TPSA) is 54.6 Å². The highest BCUT2D eigenvalue weighted by molar-refractivity contribution is 5.28. The third-order valence-corrected chi connectivity index (χ3v) is 4.98. The van der Waals surface area contributed by atoms with Gasteiger partial charge in [0.25, 0.3) is 0 Å². The van der Waals surface area contributed by atoms with Gasteiger partial charge in [0.05, 0.1) is 6.54 Å². The Balaban J connectivity index is 1.33. The number of ether oxygens (including phenoxy) is 1. The van der Waals surface area contributed by atoms with Crippen molar-refractivity contribution >= 4 is 5.95 Å². The molecule has 6 nitrogen and oxygen atoms in total. The Kier molecular flexibility index (Phi) is 5.28. The van der Waals surface area contributed by atoms with Crippen LogP contribution in [0.15, 0.2) is 35.0 Å². The van der Waals surface area contributed by atoms with Crippen LogP contribution >= 0.6 is 0 Å². The molecule has 0 radical (unpaired) electrons. The monoisotopic (exact) mass is 342 g/mol. The van der Waals surface area contributed by atoms with Gasteiger partial charge < -0.3 is 14.1 Å². The number of nitrogens with zero attached hydrogens (tertiary/aromatic N) is 4. The molecule has 4 rings (SSSR count). The largest absolute Gasteiger partial charge is 0.462 e. The molecule has 2 aromatic heterocycles. The molecule has 25 heavy (non-hydrogen) atoms. The van der Waals surface area contributed by atoms with E-state index in [0.717, 1.165) is 69.6 Å². The van der Waals surface area contributed by atoms with E-state index in [4.69, 9.17) is 9.15 Å². The van der Waals surface area contributed by atoms with Crippen LogP contribution in [0.25, 0.3) is 0 Å². The summed E-state index contributed by atoms with van der Waals surface area (Å²) in [6.07, 6.45) is 8.34. The van der Waals surface area contributed by atoms with Crippen LogP contribution < -0.4 is 4.90 Å². The molecule has 0 aliphatic carbocycles. The van der Waals surface area contributed by atoms with Crippen molar-refractivity contribution in [1.82, 2.24) is 14.9 Å². The molecule has 2 aliphatic heterocycles. The molecule has 134 valence electrons. The first-order valence-electron chi connectivity index (χ1n) is 9.33. The molecule has 0 saturated carbocycles. The van der Waals surface area contributed by atoms with Gasteiger partial charge in [-0.1, -0.05) is 0 Å². The molecule has 0 N–H and O–H groups in total. The molecule has 2 saturated heterocycles. The molecule has 1 atom stereocenters. The van der Waals surface area contributed by atoms with Crippen LogP contribution in [0.2, 0.25) is 0 Å². The van der Waals surface area contributed by atoms with Crippen molar-refractivity contribution in [1.29, 1.82) is 0 Å². The summed E-state index contributed by atoms with van der Waals surface area (Å²) in [6.45, 7) is 5.72. The van der Waals surface area contributed by atoms with Crippen molar-refractivity contribution in [3.8, 4) is 0 Å². The van der Waals surface area contributed by atoms with Gasteiger partial charge in [0.2, 0.25) is 5.95 Å². The Morgan fingerprint density at radius 2 is 1.92 bits per heavy atom. The molecular weight excluding hydrogens is 316 g/mol. The van der Waals surface area contributed by atoms with Crippen LogP contribution in [0.4, 0.5) is 5.95 Å². The van der Waals surface area contributed by atoms with Gasteiger partial charge in [-0.2, -0.15) is 0 Å². The van der Waals surface area contributed by atoms with E-state index >= 15 is 0 Å². The Bertz CT molecular complexity index is 654. The van der Waals surface area contributed by atoms with Gasteiger partial charge in [0.15, 0.2) is 0 Å². The van der Waals surface area contributed by atoms with Gasteiger partial charge in [-0.25, -0.2) is 9.97 Å². The lowest BCUT2D eigenvalue weighted by molar-refractivity contribution is 0.000872. The summed E-state index contributed by atoms with van der Waals surface area (Å²) >= 11 is 0. The Labute approximate surface area is 148 Å². The van der Waals surface area contributed by atoms with Crippen molar-refractivity contribution in [2.24, 2.45) is 0 Å². The van der Waals surface area contributed by atoms with E-state index in [0.29, 0.717) is 0 Å². The highest BCUT2D eigenvalue weighted by Crippen LogP contribution is 2.29. The third kappa shape index (κ3) is 4.19. The van der Waals surface area contributed by atoms with E-state index in [1.165, 1.54) is 12.8 Å². The van der Waals surface area contributed by atoms with Crippen LogP contribution in [0, 0.1) is 0 Å². The zero-order chi connectivity index (χ0) is 16.9. The van der Waals surface area contributed by atoms with E-state index in [9.17, 15) is 0 Å². The van der Waals surface area contributed by atoms with Gasteiger partial charge in [0, 0.05) is 45.2 Å². The van der Waals surface area contributed by atoms with E-state index < -0.39 is 0 Å². The number of rotatable bonds is 4. The van der Waals surface area contributed by atoms with Crippen molar-refractivity contribution in [3.05, 3.63) is 42.1 Å². The van der Waals surface area contributed by atoms with Gasteiger partial charge in [0.1, 0.15) is 17.6 Å². The van der Waals surface area contributed by atoms with Crippen LogP contribution in [0.5, 0.6) is 0 Å². The minimum Gasteiger partial charge on any atom is -0.462 e. The van der Waals surface area contributed by atoms with Crippen molar-refractivity contribution < 1.29 is 9.15 Å². The van der Waals surface area contributed by atoms with Crippen LogP contribution in [0.3, 0.4) is 0 Å². The van der Waals surface area contributed by atoms with Gasteiger partial charge >= 0.3 is 0 Å². The van der Waals surface area contributed by atoms with Crippen molar-refractivity contribution in [2.75, 3.05) is 37.7 Å². The number of hydrogen-bond acceptors (Lipinski definition) is 6. The minimum absolute atomic E-state index is 0.150. The molecular formula is C19H26N4O2. The zero-order valence-corrected chi connectivity index (χ0v) is 14.6. The molecule has 2 fully saturated rings. The fraction of sp³-hybridized carbons (Fsp3) is 0.579. The zero-order valence-electron chi connectivity index (χ0n) is 14.6. The fourth-order valence-electron chi connectivity index (χ4n) is 3.62. The average Bonchev–Trinajstić information content (AvgIpc) is 3.01. The Hall–Kier alpha value is -1.92. The van der Waals surface area contributed by atoms with Crippen LogP contribution in [-0.2, 0) is 11.3 Å². The van der Waals surface area contributed by atoms with Crippen LogP contribution in [-0.4, -0.2) is 47.7 Å². The molecule has 6 heteroatoms. The van der Waals surface area contributed by atoms with Gasteiger partial charge in [-0.15, -0.1) is 0 Å². The molecule has 0 bridgehead atoms. The lowest BCUT2D eigenvalue weighted by Gasteiger charge is -2.21. The van der Waals surface area contributed by atoms with E-state index in [1.54, 1.807) is 0 Å². The summed E-state index contributed by atoms with van der Waals surface area (Å²) in [5, 5.41) is 0. The van der Waals surface area contributed by atoms with Gasteiger partial charge in [-0.3, -0.25) is 4.90 Å². The predicted octanol–water partition coefficient (Wildman–Crippen LogP) is 3.02. The number of hydrogen-bond donors (Lipinski definition) is 0. The maximum atomic E-state index is 6.07. The lowest BCUT2D eigenvalue weighted by atomic mass is 10.1. The second-order valence-corrected chi connectivity index (χ2v) is 6.82. The summed E-state index contributed by atoms with van der Waals surface area (Å²) in [7, 11) is 0. The first kappa shape index (κ1) is 16.5.